The lowest BCUT2D eigenvalue weighted by Gasteiger charge is -2.39. The van der Waals surface area contributed by atoms with Crippen LogP contribution in [0.3, 0.4) is 0 Å². The van der Waals surface area contributed by atoms with Crippen molar-refractivity contribution in [3.05, 3.63) is 30.1 Å². The first-order chi connectivity index (χ1) is 10.8. The summed E-state index contributed by atoms with van der Waals surface area (Å²) in [6, 6.07) is 4.58. The monoisotopic (exact) mass is 361 g/mol. The van der Waals surface area contributed by atoms with Crippen molar-refractivity contribution in [3.8, 4) is 0 Å². The molecule has 1 heterocycles. The van der Waals surface area contributed by atoms with Crippen LogP contribution >= 0.6 is 0 Å². The number of benzene rings is 1. The van der Waals surface area contributed by atoms with E-state index >= 15 is 0 Å². The summed E-state index contributed by atoms with van der Waals surface area (Å²) in [6.07, 6.45) is 4.29. The summed E-state index contributed by atoms with van der Waals surface area (Å²) in [7, 11) is -7.01. The van der Waals surface area contributed by atoms with E-state index in [1.807, 2.05) is 0 Å². The van der Waals surface area contributed by atoms with Gasteiger partial charge in [0.25, 0.3) is 0 Å². The Morgan fingerprint density at radius 3 is 2.00 bits per heavy atom. The van der Waals surface area contributed by atoms with Crippen molar-refractivity contribution in [1.29, 1.82) is 0 Å². The molecule has 0 radical (unpaired) electrons. The molecule has 1 saturated heterocycles. The van der Waals surface area contributed by atoms with Crippen LogP contribution in [0.5, 0.6) is 0 Å². The summed E-state index contributed by atoms with van der Waals surface area (Å²) in [5, 5.41) is -0.933. The largest absolute Gasteiger partial charge is 0.243 e. The molecule has 3 rings (SSSR count). The molecule has 0 N–H and O–H groups in total. The van der Waals surface area contributed by atoms with Crippen molar-refractivity contribution in [2.75, 3.05) is 13.1 Å². The molecule has 2 aliphatic rings. The van der Waals surface area contributed by atoms with E-state index in [1.54, 1.807) is 0 Å². The molecule has 0 unspecified atom stereocenters. The summed E-state index contributed by atoms with van der Waals surface area (Å²) < 4.78 is 63.9. The molecule has 0 aromatic heterocycles. The maximum Gasteiger partial charge on any atom is 0.243 e. The molecular formula is C15H20FNO4S2. The van der Waals surface area contributed by atoms with Crippen molar-refractivity contribution >= 4 is 19.9 Å². The Labute approximate surface area is 136 Å². The Bertz CT molecular complexity index is 762. The molecule has 23 heavy (non-hydrogen) atoms. The zero-order valence-corrected chi connectivity index (χ0v) is 14.3. The predicted octanol–water partition coefficient (Wildman–Crippen LogP) is 1.95. The average molecular weight is 361 g/mol. The molecule has 2 fully saturated rings. The Hall–Kier alpha value is -0.990. The third kappa shape index (κ3) is 3.16. The predicted molar refractivity (Wildman–Crippen MR) is 84.7 cm³/mol. The lowest BCUT2D eigenvalue weighted by Crippen LogP contribution is -2.58. The fraction of sp³-hybridized carbons (Fsp3) is 0.600. The second-order valence-electron chi connectivity index (χ2n) is 6.25. The van der Waals surface area contributed by atoms with Crippen LogP contribution in [-0.4, -0.2) is 44.7 Å². The van der Waals surface area contributed by atoms with Gasteiger partial charge in [-0.25, -0.2) is 21.2 Å². The number of hydrogen-bond donors (Lipinski definition) is 0. The Kier molecular flexibility index (Phi) is 4.50. The number of rotatable bonds is 4. The lowest BCUT2D eigenvalue weighted by atomic mass is 10.0. The molecule has 0 amide bonds. The van der Waals surface area contributed by atoms with Crippen molar-refractivity contribution in [3.63, 3.8) is 0 Å². The summed E-state index contributed by atoms with van der Waals surface area (Å²) in [5.74, 6) is -0.509. The first-order valence-electron chi connectivity index (χ1n) is 7.80. The minimum absolute atomic E-state index is 0.00145. The Balaban J connectivity index is 1.69. The molecular weight excluding hydrogens is 341 g/mol. The summed E-state index contributed by atoms with van der Waals surface area (Å²) in [6.45, 7) is -0.00289. The number of halogens is 1. The van der Waals surface area contributed by atoms with Gasteiger partial charge in [0.1, 0.15) is 5.82 Å². The van der Waals surface area contributed by atoms with Gasteiger partial charge in [0.2, 0.25) is 10.0 Å². The van der Waals surface area contributed by atoms with Crippen molar-refractivity contribution in [2.45, 2.75) is 47.5 Å². The molecule has 1 aliphatic heterocycles. The molecule has 1 saturated carbocycles. The van der Waals surface area contributed by atoms with Gasteiger partial charge in [0.05, 0.1) is 15.4 Å². The summed E-state index contributed by atoms with van der Waals surface area (Å²) in [4.78, 5) is -0.00702. The zero-order chi connectivity index (χ0) is 16.7. The van der Waals surface area contributed by atoms with Gasteiger partial charge in [0, 0.05) is 13.1 Å². The zero-order valence-electron chi connectivity index (χ0n) is 12.7. The minimum Gasteiger partial charge on any atom is -0.228 e. The highest BCUT2D eigenvalue weighted by Gasteiger charge is 2.46. The third-order valence-electron chi connectivity index (χ3n) is 4.75. The van der Waals surface area contributed by atoms with Gasteiger partial charge in [-0.3, -0.25) is 0 Å². The number of hydrogen-bond acceptors (Lipinski definition) is 4. The number of sulfonamides is 1. The number of sulfone groups is 1. The fourth-order valence-electron chi connectivity index (χ4n) is 3.23. The summed E-state index contributed by atoms with van der Waals surface area (Å²) >= 11 is 0. The third-order valence-corrected chi connectivity index (χ3v) is 9.22. The van der Waals surface area contributed by atoms with Gasteiger partial charge in [-0.05, 0) is 37.1 Å². The van der Waals surface area contributed by atoms with Gasteiger partial charge in [-0.15, -0.1) is 0 Å². The van der Waals surface area contributed by atoms with Crippen LogP contribution in [0.1, 0.15) is 32.1 Å². The standard InChI is InChI=1S/C15H20FNO4S2/c16-12-6-8-14(9-7-12)23(20,21)17-10-15(11-17)22(18,19)13-4-2-1-3-5-13/h6-9,13,15H,1-5,10-11H2. The highest BCUT2D eigenvalue weighted by atomic mass is 32.2. The SMILES string of the molecule is O=S(=O)(C1CCCCC1)C1CN(S(=O)(=O)c2ccc(F)cc2)C1. The number of nitrogens with zero attached hydrogens (tertiary/aromatic N) is 1. The molecule has 5 nitrogen and oxygen atoms in total. The first-order valence-corrected chi connectivity index (χ1v) is 10.9. The molecule has 0 bridgehead atoms. The molecule has 1 aromatic carbocycles. The highest BCUT2D eigenvalue weighted by Crippen LogP contribution is 2.32. The van der Waals surface area contributed by atoms with Crippen molar-refractivity contribution < 1.29 is 21.2 Å². The Morgan fingerprint density at radius 1 is 0.870 bits per heavy atom. The van der Waals surface area contributed by atoms with Crippen molar-refractivity contribution in [1.82, 2.24) is 4.31 Å². The molecule has 1 aromatic rings. The van der Waals surface area contributed by atoms with E-state index in [9.17, 15) is 21.2 Å². The molecule has 8 heteroatoms. The minimum atomic E-state index is -3.74. The second kappa shape index (κ2) is 6.14. The molecule has 0 spiro atoms. The van der Waals surface area contributed by atoms with Crippen LogP contribution in [0.4, 0.5) is 4.39 Å². The van der Waals surface area contributed by atoms with Crippen molar-refractivity contribution in [2.24, 2.45) is 0 Å². The van der Waals surface area contributed by atoms with Crippen LogP contribution in [0.2, 0.25) is 0 Å². The van der Waals surface area contributed by atoms with E-state index in [4.69, 9.17) is 0 Å². The van der Waals surface area contributed by atoms with Gasteiger partial charge < -0.3 is 0 Å². The van der Waals surface area contributed by atoms with Gasteiger partial charge in [0.15, 0.2) is 9.84 Å². The molecule has 0 atom stereocenters. The highest BCUT2D eigenvalue weighted by molar-refractivity contribution is 7.93. The van der Waals surface area contributed by atoms with Crippen LogP contribution in [0.15, 0.2) is 29.2 Å². The van der Waals surface area contributed by atoms with E-state index in [2.05, 4.69) is 0 Å². The van der Waals surface area contributed by atoms with E-state index in [0.717, 1.165) is 35.7 Å². The van der Waals surface area contributed by atoms with Gasteiger partial charge >= 0.3 is 0 Å². The first kappa shape index (κ1) is 16.9. The summed E-state index contributed by atoms with van der Waals surface area (Å²) in [5.41, 5.74) is 0. The smallest absolute Gasteiger partial charge is 0.228 e. The maximum absolute atomic E-state index is 12.9. The van der Waals surface area contributed by atoms with Gasteiger partial charge in [-0.2, -0.15) is 4.31 Å². The lowest BCUT2D eigenvalue weighted by molar-refractivity contribution is 0.306. The van der Waals surface area contributed by atoms with E-state index in [-0.39, 0.29) is 23.2 Å². The normalized spacial score (nSPS) is 22.0. The van der Waals surface area contributed by atoms with E-state index < -0.39 is 30.9 Å². The van der Waals surface area contributed by atoms with Crippen LogP contribution in [-0.2, 0) is 19.9 Å². The van der Waals surface area contributed by atoms with E-state index in [1.165, 1.54) is 12.1 Å². The van der Waals surface area contributed by atoms with Gasteiger partial charge in [-0.1, -0.05) is 19.3 Å². The van der Waals surface area contributed by atoms with Crippen LogP contribution in [0.25, 0.3) is 0 Å². The molecule has 128 valence electrons. The average Bonchev–Trinajstić information content (AvgIpc) is 2.46. The van der Waals surface area contributed by atoms with Crippen LogP contribution < -0.4 is 0 Å². The maximum atomic E-state index is 12.9. The van der Waals surface area contributed by atoms with E-state index in [0.29, 0.717) is 12.8 Å². The second-order valence-corrected chi connectivity index (χ2v) is 10.7. The quantitative estimate of drug-likeness (QED) is 0.822. The topological polar surface area (TPSA) is 71.5 Å². The molecule has 1 aliphatic carbocycles. The Morgan fingerprint density at radius 2 is 1.43 bits per heavy atom. The fourth-order valence-corrected chi connectivity index (χ4v) is 7.26. The van der Waals surface area contributed by atoms with Crippen LogP contribution in [0, 0.1) is 5.82 Å².